The lowest BCUT2D eigenvalue weighted by Gasteiger charge is -2.29. The second kappa shape index (κ2) is 7.80. The summed E-state index contributed by atoms with van der Waals surface area (Å²) in [5.74, 6) is -0.144. The summed E-state index contributed by atoms with van der Waals surface area (Å²) in [4.78, 5) is 14.2. The molecule has 0 fully saturated rings. The Morgan fingerprint density at radius 2 is 1.64 bits per heavy atom. The van der Waals surface area contributed by atoms with Crippen LogP contribution in [0.3, 0.4) is 0 Å². The van der Waals surface area contributed by atoms with Gasteiger partial charge in [0.2, 0.25) is 5.91 Å². The molecule has 2 rings (SSSR count). The first kappa shape index (κ1) is 19.1. The quantitative estimate of drug-likeness (QED) is 0.856. The third-order valence-corrected chi connectivity index (χ3v) is 5.44. The normalized spacial score (nSPS) is 13.9. The summed E-state index contributed by atoms with van der Waals surface area (Å²) in [6.07, 6.45) is 0.516. The van der Waals surface area contributed by atoms with Crippen LogP contribution in [-0.2, 0) is 21.1 Å². The van der Waals surface area contributed by atoms with E-state index in [9.17, 15) is 18.3 Å². The Labute approximate surface area is 148 Å². The molecule has 0 aliphatic carbocycles. The van der Waals surface area contributed by atoms with Crippen LogP contribution in [0.4, 0.5) is 0 Å². The number of hydrogen-bond acceptors (Lipinski definition) is 4. The van der Waals surface area contributed by atoms with Gasteiger partial charge in [-0.25, -0.2) is 8.42 Å². The van der Waals surface area contributed by atoms with Gasteiger partial charge in [0.05, 0.1) is 23.5 Å². The van der Waals surface area contributed by atoms with Crippen molar-refractivity contribution in [3.8, 4) is 0 Å². The number of aliphatic hydroxyl groups is 1. The number of hydrogen-bond donors (Lipinski definition) is 1. The lowest BCUT2D eigenvalue weighted by Crippen LogP contribution is -2.39. The molecule has 1 amide bonds. The van der Waals surface area contributed by atoms with E-state index < -0.39 is 15.9 Å². The van der Waals surface area contributed by atoms with Gasteiger partial charge in [0, 0.05) is 13.3 Å². The number of benzene rings is 2. The monoisotopic (exact) mass is 361 g/mol. The van der Waals surface area contributed by atoms with E-state index >= 15 is 0 Å². The van der Waals surface area contributed by atoms with Crippen LogP contribution in [0.2, 0.25) is 0 Å². The number of carbonyl (C=O) groups excluding carboxylic acids is 1. The molecule has 2 atom stereocenters. The molecule has 134 valence electrons. The second-order valence-electron chi connectivity index (χ2n) is 6.19. The zero-order chi connectivity index (χ0) is 18.6. The largest absolute Gasteiger partial charge is 0.386 e. The van der Waals surface area contributed by atoms with Crippen molar-refractivity contribution in [3.63, 3.8) is 0 Å². The highest BCUT2D eigenvalue weighted by Crippen LogP contribution is 2.20. The predicted octanol–water partition coefficient (Wildman–Crippen LogP) is 2.21. The molecule has 0 saturated heterocycles. The number of likely N-dealkylation sites (N-methyl/N-ethyl adjacent to an activating group) is 1. The molecule has 2 aromatic rings. The van der Waals surface area contributed by atoms with Crippen molar-refractivity contribution >= 4 is 15.7 Å². The van der Waals surface area contributed by atoms with Crippen molar-refractivity contribution in [2.24, 2.45) is 0 Å². The Bertz CT molecular complexity index is 816. The molecule has 0 aromatic heterocycles. The summed E-state index contributed by atoms with van der Waals surface area (Å²) >= 11 is 0. The first-order valence-electron chi connectivity index (χ1n) is 7.98. The zero-order valence-electron chi connectivity index (χ0n) is 14.6. The molecule has 0 aliphatic rings. The summed E-state index contributed by atoms with van der Waals surface area (Å²) in [6.45, 7) is 1.79. The Morgan fingerprint density at radius 3 is 2.16 bits per heavy atom. The number of amides is 1. The molecule has 2 aromatic carbocycles. The van der Waals surface area contributed by atoms with E-state index in [-0.39, 0.29) is 23.3 Å². The highest BCUT2D eigenvalue weighted by molar-refractivity contribution is 7.90. The van der Waals surface area contributed by atoms with Crippen molar-refractivity contribution in [1.82, 2.24) is 4.90 Å². The van der Waals surface area contributed by atoms with Gasteiger partial charge in [0.15, 0.2) is 9.84 Å². The summed E-state index contributed by atoms with van der Waals surface area (Å²) in [6, 6.07) is 15.1. The van der Waals surface area contributed by atoms with Crippen LogP contribution in [0.1, 0.15) is 24.2 Å². The van der Waals surface area contributed by atoms with Crippen molar-refractivity contribution in [2.45, 2.75) is 30.4 Å². The molecular weight excluding hydrogens is 338 g/mol. The van der Waals surface area contributed by atoms with Crippen LogP contribution < -0.4 is 0 Å². The van der Waals surface area contributed by atoms with Crippen molar-refractivity contribution in [1.29, 1.82) is 0 Å². The van der Waals surface area contributed by atoms with E-state index in [1.807, 2.05) is 30.3 Å². The molecule has 0 spiro atoms. The Hall–Kier alpha value is -2.18. The standard InChI is InChI=1S/C19H23NO4S/c1-14(19(22)16-7-5-4-6-8-16)20(2)18(21)13-15-9-11-17(12-10-15)25(3,23)24/h4-12,14,19,22H,13H2,1-3H3/t14?,19-/m0/s1. The minimum atomic E-state index is -3.25. The van der Waals surface area contributed by atoms with E-state index in [0.717, 1.165) is 17.4 Å². The molecule has 6 heteroatoms. The van der Waals surface area contributed by atoms with Crippen LogP contribution in [0.5, 0.6) is 0 Å². The highest BCUT2D eigenvalue weighted by atomic mass is 32.2. The van der Waals surface area contributed by atoms with Gasteiger partial charge in [0.25, 0.3) is 0 Å². The summed E-state index contributed by atoms with van der Waals surface area (Å²) in [5.41, 5.74) is 1.48. The van der Waals surface area contributed by atoms with Gasteiger partial charge in [0.1, 0.15) is 0 Å². The van der Waals surface area contributed by atoms with Gasteiger partial charge >= 0.3 is 0 Å². The van der Waals surface area contributed by atoms with Crippen molar-refractivity contribution < 1.29 is 18.3 Å². The highest BCUT2D eigenvalue weighted by Gasteiger charge is 2.24. The van der Waals surface area contributed by atoms with E-state index in [2.05, 4.69) is 0 Å². The van der Waals surface area contributed by atoms with Gasteiger partial charge in [-0.05, 0) is 30.2 Å². The predicted molar refractivity (Wildman–Crippen MR) is 96.9 cm³/mol. The molecule has 25 heavy (non-hydrogen) atoms. The fourth-order valence-corrected chi connectivity index (χ4v) is 3.15. The van der Waals surface area contributed by atoms with Crippen LogP contribution in [0.25, 0.3) is 0 Å². The van der Waals surface area contributed by atoms with E-state index in [4.69, 9.17) is 0 Å². The smallest absolute Gasteiger partial charge is 0.227 e. The number of sulfone groups is 1. The van der Waals surface area contributed by atoms with Gasteiger partial charge in [-0.3, -0.25) is 4.79 Å². The average Bonchev–Trinajstić information content (AvgIpc) is 2.60. The topological polar surface area (TPSA) is 74.7 Å². The van der Waals surface area contributed by atoms with E-state index in [1.54, 1.807) is 26.1 Å². The SMILES string of the molecule is CC([C@H](O)c1ccccc1)N(C)C(=O)Cc1ccc(S(C)(=O)=O)cc1. The maximum absolute atomic E-state index is 12.5. The van der Waals surface area contributed by atoms with Crippen LogP contribution >= 0.6 is 0 Å². The molecule has 0 bridgehead atoms. The van der Waals surface area contributed by atoms with Crippen molar-refractivity contribution in [3.05, 3.63) is 65.7 Å². The molecule has 0 aliphatic heterocycles. The number of carbonyl (C=O) groups is 1. The Kier molecular flexibility index (Phi) is 5.98. The summed E-state index contributed by atoms with van der Waals surface area (Å²) in [5, 5.41) is 10.4. The van der Waals surface area contributed by atoms with Gasteiger partial charge < -0.3 is 10.0 Å². The van der Waals surface area contributed by atoms with Gasteiger partial charge in [-0.1, -0.05) is 42.5 Å². The molecule has 0 heterocycles. The van der Waals surface area contributed by atoms with E-state index in [0.29, 0.717) is 0 Å². The molecular formula is C19H23NO4S. The minimum absolute atomic E-state index is 0.144. The third kappa shape index (κ3) is 4.90. The molecule has 5 nitrogen and oxygen atoms in total. The first-order valence-corrected chi connectivity index (χ1v) is 9.87. The maximum atomic E-state index is 12.5. The summed E-state index contributed by atoms with van der Waals surface area (Å²) in [7, 11) is -1.59. The first-order chi connectivity index (χ1) is 11.7. The Morgan fingerprint density at radius 1 is 1.08 bits per heavy atom. The number of aliphatic hydroxyl groups excluding tert-OH is 1. The minimum Gasteiger partial charge on any atom is -0.386 e. The summed E-state index contributed by atoms with van der Waals surface area (Å²) < 4.78 is 22.9. The number of rotatable bonds is 6. The fourth-order valence-electron chi connectivity index (χ4n) is 2.52. The van der Waals surface area contributed by atoms with Gasteiger partial charge in [-0.2, -0.15) is 0 Å². The zero-order valence-corrected chi connectivity index (χ0v) is 15.4. The lowest BCUT2D eigenvalue weighted by atomic mass is 10.0. The molecule has 1 unspecified atom stereocenters. The molecule has 0 radical (unpaired) electrons. The van der Waals surface area contributed by atoms with Crippen LogP contribution in [0.15, 0.2) is 59.5 Å². The second-order valence-corrected chi connectivity index (χ2v) is 8.21. The maximum Gasteiger partial charge on any atom is 0.227 e. The molecule has 0 saturated carbocycles. The average molecular weight is 361 g/mol. The fraction of sp³-hybridized carbons (Fsp3) is 0.316. The van der Waals surface area contributed by atoms with Gasteiger partial charge in [-0.15, -0.1) is 0 Å². The van der Waals surface area contributed by atoms with E-state index in [1.165, 1.54) is 17.0 Å². The third-order valence-electron chi connectivity index (χ3n) is 4.31. The Balaban J connectivity index is 2.04. The van der Waals surface area contributed by atoms with Crippen LogP contribution in [0, 0.1) is 0 Å². The number of nitrogens with zero attached hydrogens (tertiary/aromatic N) is 1. The lowest BCUT2D eigenvalue weighted by molar-refractivity contribution is -0.133. The van der Waals surface area contributed by atoms with Crippen molar-refractivity contribution in [2.75, 3.05) is 13.3 Å². The molecule has 1 N–H and O–H groups in total. The van der Waals surface area contributed by atoms with Crippen LogP contribution in [-0.4, -0.2) is 43.7 Å².